The molecule has 0 atom stereocenters. The molecule has 0 bridgehead atoms. The molecule has 2 aromatic carbocycles. The summed E-state index contributed by atoms with van der Waals surface area (Å²) in [6.45, 7) is 4.20. The maximum Gasteiger partial charge on any atom is 0.227 e. The second kappa shape index (κ2) is 9.41. The third kappa shape index (κ3) is 5.36. The fourth-order valence-electron chi connectivity index (χ4n) is 3.16. The number of halogens is 1. The molecule has 150 valence electrons. The predicted molar refractivity (Wildman–Crippen MR) is 103 cm³/mol. The molecule has 1 aliphatic heterocycles. The highest BCUT2D eigenvalue weighted by Gasteiger charge is 2.21. The molecule has 3 rings (SSSR count). The van der Waals surface area contributed by atoms with Crippen LogP contribution in [0.2, 0.25) is 0 Å². The number of phenols is 1. The number of nitrogens with zero attached hydrogens (tertiary/aromatic N) is 2. The van der Waals surface area contributed by atoms with Crippen molar-refractivity contribution in [3.8, 4) is 17.2 Å². The molecular formula is C21H25FN2O4. The third-order valence-corrected chi connectivity index (χ3v) is 4.81. The Morgan fingerprint density at radius 1 is 1.11 bits per heavy atom. The summed E-state index contributed by atoms with van der Waals surface area (Å²) in [5, 5.41) is 9.65. The number of benzene rings is 2. The highest BCUT2D eigenvalue weighted by molar-refractivity contribution is 5.79. The zero-order valence-electron chi connectivity index (χ0n) is 15.9. The fraction of sp³-hybridized carbons (Fsp3) is 0.381. The van der Waals surface area contributed by atoms with E-state index in [1.165, 1.54) is 19.2 Å². The summed E-state index contributed by atoms with van der Waals surface area (Å²) >= 11 is 0. The number of aromatic hydroxyl groups is 1. The number of rotatable bonds is 7. The van der Waals surface area contributed by atoms with Gasteiger partial charge >= 0.3 is 0 Å². The van der Waals surface area contributed by atoms with E-state index in [2.05, 4.69) is 4.90 Å². The van der Waals surface area contributed by atoms with Crippen LogP contribution in [0, 0.1) is 5.82 Å². The van der Waals surface area contributed by atoms with Crippen LogP contribution in [0.15, 0.2) is 42.5 Å². The van der Waals surface area contributed by atoms with E-state index in [1.807, 2.05) is 4.90 Å². The highest BCUT2D eigenvalue weighted by atomic mass is 19.1. The fourth-order valence-corrected chi connectivity index (χ4v) is 3.16. The van der Waals surface area contributed by atoms with Crippen molar-refractivity contribution in [3.63, 3.8) is 0 Å². The minimum absolute atomic E-state index is 0.0648. The normalized spacial score (nSPS) is 14.7. The Morgan fingerprint density at radius 2 is 1.82 bits per heavy atom. The van der Waals surface area contributed by atoms with Crippen molar-refractivity contribution in [3.05, 3.63) is 53.8 Å². The monoisotopic (exact) mass is 388 g/mol. The Hall–Kier alpha value is -2.80. The number of hydrogen-bond acceptors (Lipinski definition) is 5. The summed E-state index contributed by atoms with van der Waals surface area (Å²) < 4.78 is 23.6. The number of ether oxygens (including phenoxy) is 2. The minimum atomic E-state index is -0.279. The van der Waals surface area contributed by atoms with Crippen LogP contribution in [-0.4, -0.2) is 67.3 Å². The number of carbonyl (C=O) groups excluding carboxylic acids is 1. The van der Waals surface area contributed by atoms with Gasteiger partial charge in [0.1, 0.15) is 18.2 Å². The van der Waals surface area contributed by atoms with Crippen molar-refractivity contribution in [2.45, 2.75) is 6.42 Å². The smallest absolute Gasteiger partial charge is 0.227 e. The van der Waals surface area contributed by atoms with Gasteiger partial charge in [0.25, 0.3) is 0 Å². The molecule has 2 aromatic rings. The van der Waals surface area contributed by atoms with Gasteiger partial charge in [-0.1, -0.05) is 6.07 Å². The molecule has 28 heavy (non-hydrogen) atoms. The van der Waals surface area contributed by atoms with Gasteiger partial charge in [-0.15, -0.1) is 0 Å². The number of hydrogen-bond donors (Lipinski definition) is 1. The van der Waals surface area contributed by atoms with E-state index in [-0.39, 0.29) is 23.9 Å². The first-order valence-corrected chi connectivity index (χ1v) is 9.29. The SMILES string of the molecule is COc1cc(CC(=O)N2CCN(CCOc3ccc(F)cc3)CC2)ccc1O. The lowest BCUT2D eigenvalue weighted by Crippen LogP contribution is -2.49. The first kappa shape index (κ1) is 19.9. The maximum atomic E-state index is 12.9. The molecule has 7 heteroatoms. The van der Waals surface area contributed by atoms with Gasteiger partial charge in [0, 0.05) is 32.7 Å². The van der Waals surface area contributed by atoms with Gasteiger partial charge in [0.2, 0.25) is 5.91 Å². The molecule has 0 unspecified atom stereocenters. The standard InChI is InChI=1S/C21H25FN2O4/c1-27-20-14-16(2-7-19(20)25)15-21(26)24-10-8-23(9-11-24)12-13-28-18-5-3-17(22)4-6-18/h2-7,14,25H,8-13,15H2,1H3. The number of piperazine rings is 1. The van der Waals surface area contributed by atoms with Crippen molar-refractivity contribution in [1.82, 2.24) is 9.80 Å². The van der Waals surface area contributed by atoms with Gasteiger partial charge in [-0.25, -0.2) is 4.39 Å². The lowest BCUT2D eigenvalue weighted by atomic mass is 10.1. The molecule has 0 radical (unpaired) electrons. The van der Waals surface area contributed by atoms with Crippen LogP contribution in [0.3, 0.4) is 0 Å². The first-order chi connectivity index (χ1) is 13.5. The van der Waals surface area contributed by atoms with Gasteiger partial charge in [0.05, 0.1) is 13.5 Å². The molecule has 1 aliphatic rings. The quantitative estimate of drug-likeness (QED) is 0.789. The van der Waals surface area contributed by atoms with Crippen LogP contribution in [0.25, 0.3) is 0 Å². The topological polar surface area (TPSA) is 62.2 Å². The van der Waals surface area contributed by atoms with Crippen molar-refractivity contribution in [1.29, 1.82) is 0 Å². The summed E-state index contributed by atoms with van der Waals surface area (Å²) in [7, 11) is 1.49. The van der Waals surface area contributed by atoms with E-state index in [1.54, 1.807) is 30.3 Å². The summed E-state index contributed by atoms with van der Waals surface area (Å²) in [5.41, 5.74) is 0.815. The lowest BCUT2D eigenvalue weighted by Gasteiger charge is -2.34. The van der Waals surface area contributed by atoms with E-state index in [0.29, 0.717) is 31.2 Å². The van der Waals surface area contributed by atoms with E-state index < -0.39 is 0 Å². The Labute approximate surface area is 164 Å². The van der Waals surface area contributed by atoms with Crippen LogP contribution >= 0.6 is 0 Å². The third-order valence-electron chi connectivity index (χ3n) is 4.81. The molecule has 1 fully saturated rings. The predicted octanol–water partition coefficient (Wildman–Crippen LogP) is 2.31. The number of methoxy groups -OCH3 is 1. The molecule has 0 aromatic heterocycles. The molecule has 6 nitrogen and oxygen atoms in total. The molecule has 1 N–H and O–H groups in total. The Balaban J connectivity index is 1.40. The minimum Gasteiger partial charge on any atom is -0.504 e. The van der Waals surface area contributed by atoms with Crippen molar-refractivity contribution in [2.75, 3.05) is 46.4 Å². The largest absolute Gasteiger partial charge is 0.504 e. The summed E-state index contributed by atoms with van der Waals surface area (Å²) in [4.78, 5) is 16.6. The summed E-state index contributed by atoms with van der Waals surface area (Å²) in [5.74, 6) is 0.875. The van der Waals surface area contributed by atoms with Gasteiger partial charge in [-0.2, -0.15) is 0 Å². The van der Waals surface area contributed by atoms with E-state index in [0.717, 1.165) is 25.2 Å². The molecule has 0 spiro atoms. The maximum absolute atomic E-state index is 12.9. The number of carbonyl (C=O) groups is 1. The first-order valence-electron chi connectivity index (χ1n) is 9.29. The van der Waals surface area contributed by atoms with E-state index in [4.69, 9.17) is 9.47 Å². The molecule has 1 saturated heterocycles. The second-order valence-corrected chi connectivity index (χ2v) is 6.71. The molecule has 0 aliphatic carbocycles. The summed E-state index contributed by atoms with van der Waals surface area (Å²) in [6.07, 6.45) is 0.282. The summed E-state index contributed by atoms with van der Waals surface area (Å²) in [6, 6.07) is 11.0. The second-order valence-electron chi connectivity index (χ2n) is 6.71. The highest BCUT2D eigenvalue weighted by Crippen LogP contribution is 2.26. The van der Waals surface area contributed by atoms with Gasteiger partial charge in [-0.3, -0.25) is 9.69 Å². The van der Waals surface area contributed by atoms with Crippen LogP contribution in [0.5, 0.6) is 17.2 Å². The van der Waals surface area contributed by atoms with Crippen molar-refractivity contribution in [2.24, 2.45) is 0 Å². The zero-order valence-corrected chi connectivity index (χ0v) is 15.9. The molecule has 1 amide bonds. The molecule has 1 heterocycles. The zero-order chi connectivity index (χ0) is 19.9. The average Bonchev–Trinajstić information content (AvgIpc) is 2.71. The van der Waals surface area contributed by atoms with Crippen molar-refractivity contribution < 1.29 is 23.8 Å². The van der Waals surface area contributed by atoms with Crippen LogP contribution in [-0.2, 0) is 11.2 Å². The van der Waals surface area contributed by atoms with Gasteiger partial charge < -0.3 is 19.5 Å². The Kier molecular flexibility index (Phi) is 6.71. The van der Waals surface area contributed by atoms with Crippen LogP contribution in [0.1, 0.15) is 5.56 Å². The number of phenolic OH excluding ortho intramolecular Hbond substituents is 1. The van der Waals surface area contributed by atoms with E-state index >= 15 is 0 Å². The van der Waals surface area contributed by atoms with Gasteiger partial charge in [0.15, 0.2) is 11.5 Å². The number of amides is 1. The Morgan fingerprint density at radius 3 is 2.50 bits per heavy atom. The molecule has 0 saturated carbocycles. The lowest BCUT2D eigenvalue weighted by molar-refractivity contribution is -0.132. The molecular weight excluding hydrogens is 363 g/mol. The average molecular weight is 388 g/mol. The van der Waals surface area contributed by atoms with Crippen LogP contribution in [0.4, 0.5) is 4.39 Å². The Bertz CT molecular complexity index is 789. The van der Waals surface area contributed by atoms with Gasteiger partial charge in [-0.05, 0) is 42.0 Å². The van der Waals surface area contributed by atoms with E-state index in [9.17, 15) is 14.3 Å². The van der Waals surface area contributed by atoms with Crippen molar-refractivity contribution >= 4 is 5.91 Å². The van der Waals surface area contributed by atoms with Crippen LogP contribution < -0.4 is 9.47 Å².